The van der Waals surface area contributed by atoms with E-state index >= 15 is 0 Å². The van der Waals surface area contributed by atoms with Crippen LogP contribution in [0.4, 0.5) is 0 Å². The van der Waals surface area contributed by atoms with Crippen LogP contribution in [-0.2, 0) is 11.2 Å². The standard InChI is InChI=1S/C13H14ClN3OS/c14-10-3-1-2-4-11(10)19-9-13(18)17-6-5-12-15-7-8-16-12/h1-4,7-8H,5-6,9H2,(H,15,16)(H,17,18). The van der Waals surface area contributed by atoms with E-state index in [0.29, 0.717) is 23.7 Å². The Morgan fingerprint density at radius 1 is 1.42 bits per heavy atom. The van der Waals surface area contributed by atoms with Crippen LogP contribution in [0.5, 0.6) is 0 Å². The molecular weight excluding hydrogens is 282 g/mol. The van der Waals surface area contributed by atoms with Crippen molar-refractivity contribution in [3.8, 4) is 0 Å². The Bertz CT molecular complexity index is 530. The smallest absolute Gasteiger partial charge is 0.230 e. The molecule has 0 saturated carbocycles. The molecule has 0 unspecified atom stereocenters. The number of thioether (sulfide) groups is 1. The molecule has 0 fully saturated rings. The summed E-state index contributed by atoms with van der Waals surface area (Å²) in [5.41, 5.74) is 0. The number of rotatable bonds is 6. The van der Waals surface area contributed by atoms with E-state index in [1.54, 1.807) is 12.4 Å². The molecule has 4 nitrogen and oxygen atoms in total. The molecule has 100 valence electrons. The Labute approximate surface area is 121 Å². The van der Waals surface area contributed by atoms with Crippen LogP contribution in [0, 0.1) is 0 Å². The van der Waals surface area contributed by atoms with Gasteiger partial charge in [0.25, 0.3) is 0 Å². The molecule has 0 aliphatic rings. The maximum atomic E-state index is 11.7. The Morgan fingerprint density at radius 2 is 2.26 bits per heavy atom. The van der Waals surface area contributed by atoms with Crippen LogP contribution in [0.25, 0.3) is 0 Å². The minimum Gasteiger partial charge on any atom is -0.355 e. The number of amides is 1. The van der Waals surface area contributed by atoms with Gasteiger partial charge in [-0.15, -0.1) is 11.8 Å². The Morgan fingerprint density at radius 3 is 3.00 bits per heavy atom. The minimum atomic E-state index is -0.00326. The fraction of sp³-hybridized carbons (Fsp3) is 0.231. The lowest BCUT2D eigenvalue weighted by molar-refractivity contribution is -0.118. The highest BCUT2D eigenvalue weighted by molar-refractivity contribution is 8.00. The van der Waals surface area contributed by atoms with Gasteiger partial charge in [0.05, 0.1) is 10.8 Å². The third kappa shape index (κ3) is 4.61. The maximum absolute atomic E-state index is 11.7. The van der Waals surface area contributed by atoms with Crippen LogP contribution in [0.1, 0.15) is 5.82 Å². The number of nitrogens with one attached hydrogen (secondary N) is 2. The third-order valence-electron chi connectivity index (χ3n) is 2.43. The van der Waals surface area contributed by atoms with E-state index in [-0.39, 0.29) is 5.91 Å². The number of H-pyrrole nitrogens is 1. The second kappa shape index (κ2) is 7.21. The van der Waals surface area contributed by atoms with E-state index in [2.05, 4.69) is 15.3 Å². The number of imidazole rings is 1. The number of aromatic amines is 1. The molecule has 2 aromatic rings. The highest BCUT2D eigenvalue weighted by Crippen LogP contribution is 2.26. The summed E-state index contributed by atoms with van der Waals surface area (Å²) in [6.45, 7) is 0.579. The maximum Gasteiger partial charge on any atom is 0.230 e. The van der Waals surface area contributed by atoms with Crippen LogP contribution < -0.4 is 5.32 Å². The molecule has 1 aromatic heterocycles. The van der Waals surface area contributed by atoms with E-state index in [0.717, 1.165) is 10.7 Å². The Balaban J connectivity index is 1.69. The molecule has 0 spiro atoms. The van der Waals surface area contributed by atoms with Crippen molar-refractivity contribution in [2.24, 2.45) is 0 Å². The number of aromatic nitrogens is 2. The molecule has 2 N–H and O–H groups in total. The molecule has 0 radical (unpaired) electrons. The fourth-order valence-corrected chi connectivity index (χ4v) is 2.58. The number of nitrogens with zero attached hydrogens (tertiary/aromatic N) is 1. The quantitative estimate of drug-likeness (QED) is 0.805. The number of carbonyl (C=O) groups is 1. The summed E-state index contributed by atoms with van der Waals surface area (Å²) in [6, 6.07) is 7.50. The van der Waals surface area contributed by atoms with Gasteiger partial charge in [-0.1, -0.05) is 23.7 Å². The highest BCUT2D eigenvalue weighted by atomic mass is 35.5. The van der Waals surface area contributed by atoms with Crippen molar-refractivity contribution in [3.05, 3.63) is 47.5 Å². The summed E-state index contributed by atoms with van der Waals surface area (Å²) in [5, 5.41) is 3.52. The minimum absolute atomic E-state index is 0.00326. The molecule has 6 heteroatoms. The lowest BCUT2D eigenvalue weighted by atomic mass is 10.4. The monoisotopic (exact) mass is 295 g/mol. The molecule has 1 heterocycles. The van der Waals surface area contributed by atoms with Gasteiger partial charge < -0.3 is 10.3 Å². The summed E-state index contributed by atoms with van der Waals surface area (Å²) < 4.78 is 0. The summed E-state index contributed by atoms with van der Waals surface area (Å²) in [4.78, 5) is 19.7. The molecule has 19 heavy (non-hydrogen) atoms. The van der Waals surface area contributed by atoms with Crippen molar-refractivity contribution >= 4 is 29.3 Å². The predicted molar refractivity (Wildman–Crippen MR) is 77.5 cm³/mol. The van der Waals surface area contributed by atoms with Gasteiger partial charge in [-0.2, -0.15) is 0 Å². The van der Waals surface area contributed by atoms with Gasteiger partial charge >= 0.3 is 0 Å². The fourth-order valence-electron chi connectivity index (χ4n) is 1.51. The molecule has 0 aliphatic carbocycles. The van der Waals surface area contributed by atoms with Gasteiger partial charge in [0.15, 0.2) is 0 Å². The second-order valence-electron chi connectivity index (χ2n) is 3.85. The number of benzene rings is 1. The van der Waals surface area contributed by atoms with Gasteiger partial charge in [-0.25, -0.2) is 4.98 Å². The zero-order valence-corrected chi connectivity index (χ0v) is 11.8. The van der Waals surface area contributed by atoms with Gasteiger partial charge in [-0.05, 0) is 12.1 Å². The zero-order chi connectivity index (χ0) is 13.5. The van der Waals surface area contributed by atoms with E-state index in [1.165, 1.54) is 11.8 Å². The zero-order valence-electron chi connectivity index (χ0n) is 10.2. The number of carbonyl (C=O) groups excluding carboxylic acids is 1. The Hall–Kier alpha value is -1.46. The molecule has 0 atom stereocenters. The molecule has 0 bridgehead atoms. The van der Waals surface area contributed by atoms with Crippen LogP contribution in [-0.4, -0.2) is 28.2 Å². The predicted octanol–water partition coefficient (Wildman–Crippen LogP) is 2.51. The van der Waals surface area contributed by atoms with Gasteiger partial charge in [-0.3, -0.25) is 4.79 Å². The number of hydrogen-bond donors (Lipinski definition) is 2. The molecular formula is C13H14ClN3OS. The molecule has 1 amide bonds. The van der Waals surface area contributed by atoms with E-state index in [1.807, 2.05) is 24.3 Å². The number of hydrogen-bond acceptors (Lipinski definition) is 3. The molecule has 1 aromatic carbocycles. The lowest BCUT2D eigenvalue weighted by Crippen LogP contribution is -2.27. The van der Waals surface area contributed by atoms with E-state index < -0.39 is 0 Å². The third-order valence-corrected chi connectivity index (χ3v) is 3.95. The summed E-state index contributed by atoms with van der Waals surface area (Å²) in [5.74, 6) is 1.23. The van der Waals surface area contributed by atoms with E-state index in [4.69, 9.17) is 11.6 Å². The lowest BCUT2D eigenvalue weighted by Gasteiger charge is -2.05. The SMILES string of the molecule is O=C(CSc1ccccc1Cl)NCCc1ncc[nH]1. The first-order chi connectivity index (χ1) is 9.25. The molecule has 0 aliphatic heterocycles. The van der Waals surface area contributed by atoms with Crippen LogP contribution in [0.3, 0.4) is 0 Å². The highest BCUT2D eigenvalue weighted by Gasteiger charge is 2.05. The summed E-state index contributed by atoms with van der Waals surface area (Å²) in [6.07, 6.45) is 4.17. The number of halogens is 1. The van der Waals surface area contributed by atoms with Crippen molar-refractivity contribution in [1.29, 1.82) is 0 Å². The van der Waals surface area contributed by atoms with Crippen LogP contribution in [0.2, 0.25) is 5.02 Å². The van der Waals surface area contributed by atoms with Crippen LogP contribution >= 0.6 is 23.4 Å². The average Bonchev–Trinajstić information content (AvgIpc) is 2.91. The topological polar surface area (TPSA) is 57.8 Å². The van der Waals surface area contributed by atoms with Crippen molar-refractivity contribution < 1.29 is 4.79 Å². The van der Waals surface area contributed by atoms with Gasteiger partial charge in [0.2, 0.25) is 5.91 Å². The first-order valence-corrected chi connectivity index (χ1v) is 7.24. The summed E-state index contributed by atoms with van der Waals surface area (Å²) >= 11 is 7.45. The van der Waals surface area contributed by atoms with Gasteiger partial charge in [0.1, 0.15) is 5.82 Å². The summed E-state index contributed by atoms with van der Waals surface area (Å²) in [7, 11) is 0. The van der Waals surface area contributed by atoms with Gasteiger partial charge in [0, 0.05) is 30.3 Å². The van der Waals surface area contributed by atoms with E-state index in [9.17, 15) is 4.79 Å². The molecule has 2 rings (SSSR count). The largest absolute Gasteiger partial charge is 0.355 e. The normalized spacial score (nSPS) is 10.4. The Kier molecular flexibility index (Phi) is 5.30. The molecule has 0 saturated heterocycles. The first-order valence-electron chi connectivity index (χ1n) is 5.88. The first kappa shape index (κ1) is 14.0. The average molecular weight is 296 g/mol. The second-order valence-corrected chi connectivity index (χ2v) is 5.28. The van der Waals surface area contributed by atoms with Crippen molar-refractivity contribution in [3.63, 3.8) is 0 Å². The van der Waals surface area contributed by atoms with Crippen molar-refractivity contribution in [2.75, 3.05) is 12.3 Å². The van der Waals surface area contributed by atoms with Crippen molar-refractivity contribution in [1.82, 2.24) is 15.3 Å². The van der Waals surface area contributed by atoms with Crippen LogP contribution in [0.15, 0.2) is 41.6 Å². The van der Waals surface area contributed by atoms with Crippen molar-refractivity contribution in [2.45, 2.75) is 11.3 Å².